The van der Waals surface area contributed by atoms with Gasteiger partial charge < -0.3 is 9.80 Å². The molecule has 2 fully saturated rings. The smallest absolute Gasteiger partial charge is 0.292 e. The van der Waals surface area contributed by atoms with Crippen molar-refractivity contribution < 1.29 is 14.5 Å². The number of benzene rings is 1. The first-order valence-electron chi connectivity index (χ1n) is 8.76. The number of nitrogens with one attached hydrogen (secondary N) is 1. The minimum Gasteiger partial charge on any atom is -0.345 e. The van der Waals surface area contributed by atoms with E-state index in [1.54, 1.807) is 12.3 Å². The standard InChI is InChI=1S/C19H19BrN4O2/c20-14-4-3-5-15(12-14)24-18(25)13-16(19(24)26)22-8-10-23(11-9-22)17-6-1-2-7-21-17/h1-7,12,16H,8-11,13H2/p+1. The fourth-order valence-corrected chi connectivity index (χ4v) is 4.14. The summed E-state index contributed by atoms with van der Waals surface area (Å²) in [5.41, 5.74) is 0.642. The Hall–Kier alpha value is -2.25. The van der Waals surface area contributed by atoms with Crippen LogP contribution in [0.1, 0.15) is 6.42 Å². The monoisotopic (exact) mass is 415 g/mol. The summed E-state index contributed by atoms with van der Waals surface area (Å²) in [5.74, 6) is 0.767. The first-order valence-corrected chi connectivity index (χ1v) is 9.56. The Balaban J connectivity index is 1.45. The van der Waals surface area contributed by atoms with E-state index in [1.165, 1.54) is 9.80 Å². The highest BCUT2D eigenvalue weighted by atomic mass is 79.9. The van der Waals surface area contributed by atoms with Crippen LogP contribution >= 0.6 is 15.9 Å². The van der Waals surface area contributed by atoms with Crippen molar-refractivity contribution in [3.05, 3.63) is 53.1 Å². The highest BCUT2D eigenvalue weighted by Crippen LogP contribution is 2.25. The van der Waals surface area contributed by atoms with Crippen molar-refractivity contribution >= 4 is 39.2 Å². The van der Waals surface area contributed by atoms with Gasteiger partial charge in [-0.05, 0) is 30.3 Å². The van der Waals surface area contributed by atoms with Gasteiger partial charge in [-0.2, -0.15) is 0 Å². The zero-order chi connectivity index (χ0) is 18.1. The molecule has 7 heteroatoms. The van der Waals surface area contributed by atoms with E-state index in [9.17, 15) is 9.59 Å². The maximum atomic E-state index is 12.9. The van der Waals surface area contributed by atoms with Crippen molar-refractivity contribution in [2.45, 2.75) is 12.5 Å². The van der Waals surface area contributed by atoms with Crippen molar-refractivity contribution in [1.29, 1.82) is 0 Å². The minimum atomic E-state index is -0.285. The lowest BCUT2D eigenvalue weighted by Crippen LogP contribution is -3.19. The molecular weight excluding hydrogens is 396 g/mol. The zero-order valence-corrected chi connectivity index (χ0v) is 15.9. The molecule has 1 aromatic carbocycles. The van der Waals surface area contributed by atoms with Gasteiger partial charge in [0.05, 0.1) is 38.3 Å². The normalized spacial score (nSPS) is 21.5. The van der Waals surface area contributed by atoms with Crippen LogP contribution in [0, 0.1) is 0 Å². The number of hydrogen-bond acceptors (Lipinski definition) is 4. The number of carbonyl (C=O) groups excluding carboxylic acids is 2. The summed E-state index contributed by atoms with van der Waals surface area (Å²) >= 11 is 3.40. The fraction of sp³-hybridized carbons (Fsp3) is 0.316. The van der Waals surface area contributed by atoms with E-state index >= 15 is 0 Å². The third-order valence-electron chi connectivity index (χ3n) is 5.08. The number of nitrogens with zero attached hydrogens (tertiary/aromatic N) is 3. The van der Waals surface area contributed by atoms with Gasteiger partial charge in [0.1, 0.15) is 5.82 Å². The maximum Gasteiger partial charge on any atom is 0.292 e. The Labute approximate surface area is 160 Å². The molecule has 1 unspecified atom stereocenters. The van der Waals surface area contributed by atoms with E-state index < -0.39 is 0 Å². The zero-order valence-electron chi connectivity index (χ0n) is 14.3. The van der Waals surface area contributed by atoms with Gasteiger partial charge in [0.2, 0.25) is 5.91 Å². The average molecular weight is 416 g/mol. The number of aromatic nitrogens is 1. The van der Waals surface area contributed by atoms with Crippen molar-refractivity contribution in [3.8, 4) is 0 Å². The maximum absolute atomic E-state index is 12.9. The number of hydrogen-bond donors (Lipinski definition) is 1. The Morgan fingerprint density at radius 2 is 1.88 bits per heavy atom. The molecule has 0 saturated carbocycles. The molecule has 6 nitrogen and oxygen atoms in total. The molecular formula is C19H20BrN4O2+. The molecule has 2 saturated heterocycles. The topological polar surface area (TPSA) is 58.0 Å². The number of pyridine rings is 1. The molecule has 4 rings (SSSR count). The molecule has 2 aliphatic heterocycles. The second-order valence-corrected chi connectivity index (χ2v) is 7.55. The summed E-state index contributed by atoms with van der Waals surface area (Å²) in [6.45, 7) is 3.32. The SMILES string of the molecule is O=C1CC([NH+]2CCN(c3ccccn3)CC2)C(=O)N1c1cccc(Br)c1. The molecule has 2 amide bonds. The van der Waals surface area contributed by atoms with Crippen molar-refractivity contribution in [2.24, 2.45) is 0 Å². The fourth-order valence-electron chi connectivity index (χ4n) is 3.75. The van der Waals surface area contributed by atoms with Crippen LogP contribution in [0.2, 0.25) is 0 Å². The van der Waals surface area contributed by atoms with E-state index in [-0.39, 0.29) is 24.3 Å². The second kappa shape index (κ2) is 7.17. The predicted molar refractivity (Wildman–Crippen MR) is 102 cm³/mol. The van der Waals surface area contributed by atoms with Crippen LogP contribution in [0.3, 0.4) is 0 Å². The molecule has 0 radical (unpaired) electrons. The Morgan fingerprint density at radius 1 is 1.08 bits per heavy atom. The first-order chi connectivity index (χ1) is 12.6. The largest absolute Gasteiger partial charge is 0.345 e. The van der Waals surface area contributed by atoms with Crippen LogP contribution in [-0.2, 0) is 9.59 Å². The number of rotatable bonds is 3. The quantitative estimate of drug-likeness (QED) is 0.756. The Bertz CT molecular complexity index is 821. The van der Waals surface area contributed by atoms with Gasteiger partial charge in [-0.3, -0.25) is 9.59 Å². The second-order valence-electron chi connectivity index (χ2n) is 6.64. The highest BCUT2D eigenvalue weighted by Gasteiger charge is 2.46. The van der Waals surface area contributed by atoms with Crippen LogP contribution in [0.25, 0.3) is 0 Å². The van der Waals surface area contributed by atoms with E-state index in [4.69, 9.17) is 0 Å². The average Bonchev–Trinajstić information content (AvgIpc) is 2.97. The Morgan fingerprint density at radius 3 is 2.58 bits per heavy atom. The molecule has 134 valence electrons. The van der Waals surface area contributed by atoms with Gasteiger partial charge in [-0.1, -0.05) is 28.1 Å². The molecule has 1 N–H and O–H groups in total. The number of quaternary nitrogens is 1. The van der Waals surface area contributed by atoms with Crippen LogP contribution in [0.4, 0.5) is 11.5 Å². The van der Waals surface area contributed by atoms with Crippen LogP contribution in [0.5, 0.6) is 0 Å². The summed E-state index contributed by atoms with van der Waals surface area (Å²) in [6, 6.07) is 12.9. The molecule has 0 aliphatic carbocycles. The molecule has 3 heterocycles. The molecule has 2 aromatic rings. The van der Waals surface area contributed by atoms with Gasteiger partial charge >= 0.3 is 0 Å². The molecule has 26 heavy (non-hydrogen) atoms. The minimum absolute atomic E-state index is 0.0885. The number of amides is 2. The lowest BCUT2D eigenvalue weighted by molar-refractivity contribution is -0.915. The lowest BCUT2D eigenvalue weighted by Gasteiger charge is -2.34. The van der Waals surface area contributed by atoms with E-state index in [1.807, 2.05) is 36.4 Å². The highest BCUT2D eigenvalue weighted by molar-refractivity contribution is 9.10. The number of halogens is 1. The number of anilines is 2. The van der Waals surface area contributed by atoms with Crippen molar-refractivity contribution in [3.63, 3.8) is 0 Å². The van der Waals surface area contributed by atoms with E-state index in [0.29, 0.717) is 5.69 Å². The third kappa shape index (κ3) is 3.24. The van der Waals surface area contributed by atoms with Gasteiger partial charge in [-0.15, -0.1) is 0 Å². The Kier molecular flexibility index (Phi) is 4.74. The summed E-state index contributed by atoms with van der Waals surface area (Å²) < 4.78 is 0.857. The van der Waals surface area contributed by atoms with Gasteiger partial charge in [0, 0.05) is 10.7 Å². The van der Waals surface area contributed by atoms with E-state index in [0.717, 1.165) is 36.5 Å². The summed E-state index contributed by atoms with van der Waals surface area (Å²) in [5, 5.41) is 0. The first kappa shape index (κ1) is 17.2. The van der Waals surface area contributed by atoms with Gasteiger partial charge in [-0.25, -0.2) is 9.88 Å². The van der Waals surface area contributed by atoms with Crippen LogP contribution < -0.4 is 14.7 Å². The number of imide groups is 1. The lowest BCUT2D eigenvalue weighted by atomic mass is 10.1. The van der Waals surface area contributed by atoms with Crippen molar-refractivity contribution in [2.75, 3.05) is 36.0 Å². The predicted octanol–water partition coefficient (Wildman–Crippen LogP) is 0.881. The van der Waals surface area contributed by atoms with Gasteiger partial charge in [0.25, 0.3) is 5.91 Å². The number of piperazine rings is 1. The summed E-state index contributed by atoms with van der Waals surface area (Å²) in [6.07, 6.45) is 2.08. The summed E-state index contributed by atoms with van der Waals surface area (Å²) in [4.78, 5) is 34.6. The summed E-state index contributed by atoms with van der Waals surface area (Å²) in [7, 11) is 0. The number of carbonyl (C=O) groups is 2. The molecule has 0 bridgehead atoms. The van der Waals surface area contributed by atoms with Gasteiger partial charge in [0.15, 0.2) is 6.04 Å². The van der Waals surface area contributed by atoms with Crippen LogP contribution in [0.15, 0.2) is 53.1 Å². The molecule has 1 atom stereocenters. The van der Waals surface area contributed by atoms with Crippen molar-refractivity contribution in [1.82, 2.24) is 4.98 Å². The van der Waals surface area contributed by atoms with Crippen LogP contribution in [-0.4, -0.2) is 49.0 Å². The third-order valence-corrected chi connectivity index (χ3v) is 5.58. The molecule has 1 aromatic heterocycles. The molecule has 2 aliphatic rings. The van der Waals surface area contributed by atoms with E-state index in [2.05, 4.69) is 25.8 Å². The molecule has 0 spiro atoms.